The van der Waals surface area contributed by atoms with E-state index in [1.807, 2.05) is 30.3 Å². The number of nitrogens with one attached hydrogen (secondary N) is 3. The zero-order valence-corrected chi connectivity index (χ0v) is 18.6. The lowest BCUT2D eigenvalue weighted by atomic mass is 9.85. The van der Waals surface area contributed by atoms with Crippen molar-refractivity contribution in [1.29, 1.82) is 0 Å². The molecular weight excluding hydrogens is 436 g/mol. The Morgan fingerprint density at radius 2 is 1.94 bits per heavy atom. The summed E-state index contributed by atoms with van der Waals surface area (Å²) < 4.78 is 5.71. The van der Waals surface area contributed by atoms with Crippen molar-refractivity contribution in [2.75, 3.05) is 18.5 Å². The fourth-order valence-corrected chi connectivity index (χ4v) is 4.98. The Labute approximate surface area is 196 Å². The fraction of sp³-hybridized carbons (Fsp3) is 0.360. The topological polar surface area (TPSA) is 117 Å². The first-order chi connectivity index (χ1) is 16.4. The number of fused-ring (bicyclic) bond motifs is 1. The number of nitrogens with zero attached hydrogens (tertiary/aromatic N) is 1. The van der Waals surface area contributed by atoms with Crippen molar-refractivity contribution >= 4 is 29.4 Å². The Balaban J connectivity index is 1.29. The van der Waals surface area contributed by atoms with Crippen molar-refractivity contribution < 1.29 is 23.9 Å². The Hall–Kier alpha value is -3.72. The smallest absolute Gasteiger partial charge is 0.320 e. The minimum atomic E-state index is -0.672. The number of piperidine rings is 1. The van der Waals surface area contributed by atoms with Gasteiger partial charge in [-0.1, -0.05) is 30.3 Å². The Morgan fingerprint density at radius 1 is 1.12 bits per heavy atom. The first-order valence-corrected chi connectivity index (χ1v) is 11.5. The van der Waals surface area contributed by atoms with Gasteiger partial charge >= 0.3 is 6.03 Å². The summed E-state index contributed by atoms with van der Waals surface area (Å²) in [6.45, 7) is 1.31. The lowest BCUT2D eigenvalue weighted by molar-refractivity contribution is -0.136. The van der Waals surface area contributed by atoms with Crippen LogP contribution in [-0.4, -0.2) is 47.9 Å². The number of amides is 5. The molecule has 9 nitrogen and oxygen atoms in total. The van der Waals surface area contributed by atoms with Gasteiger partial charge in [0, 0.05) is 30.8 Å². The van der Waals surface area contributed by atoms with Crippen molar-refractivity contribution in [1.82, 2.24) is 15.5 Å². The molecule has 2 saturated heterocycles. The van der Waals surface area contributed by atoms with Gasteiger partial charge in [-0.15, -0.1) is 0 Å². The van der Waals surface area contributed by atoms with Gasteiger partial charge in [-0.3, -0.25) is 19.7 Å². The van der Waals surface area contributed by atoms with Crippen molar-refractivity contribution in [2.45, 2.75) is 43.8 Å². The molecule has 0 aliphatic carbocycles. The summed E-state index contributed by atoms with van der Waals surface area (Å²) in [5.74, 6) is -1.02. The second-order valence-electron chi connectivity index (χ2n) is 8.96. The van der Waals surface area contributed by atoms with Crippen molar-refractivity contribution in [2.24, 2.45) is 0 Å². The van der Waals surface area contributed by atoms with Crippen LogP contribution < -0.4 is 16.0 Å². The van der Waals surface area contributed by atoms with Gasteiger partial charge < -0.3 is 20.3 Å². The average molecular weight is 463 g/mol. The molecule has 2 atom stereocenters. The molecule has 3 aliphatic heterocycles. The van der Waals surface area contributed by atoms with Crippen LogP contribution in [-0.2, 0) is 26.4 Å². The highest BCUT2D eigenvalue weighted by atomic mass is 16.5. The van der Waals surface area contributed by atoms with E-state index in [0.29, 0.717) is 30.9 Å². The molecule has 0 spiro atoms. The number of carbonyl (C=O) groups is 4. The molecule has 2 aromatic carbocycles. The van der Waals surface area contributed by atoms with Gasteiger partial charge in [0.15, 0.2) is 0 Å². The Bertz CT molecular complexity index is 1140. The highest BCUT2D eigenvalue weighted by molar-refractivity contribution is 6.05. The highest BCUT2D eigenvalue weighted by Crippen LogP contribution is 2.32. The van der Waals surface area contributed by atoms with Gasteiger partial charge in [0.05, 0.1) is 12.1 Å². The minimum absolute atomic E-state index is 0.205. The summed E-state index contributed by atoms with van der Waals surface area (Å²) in [5, 5.41) is 8.28. The SMILES string of the molecule is O=C1CCC(N2Cc3cc(NC(=O)NC4(c5ccccc5)CCCOC4)ccc3C2=O)C(=O)N1. The van der Waals surface area contributed by atoms with E-state index >= 15 is 0 Å². The lowest BCUT2D eigenvalue weighted by Gasteiger charge is -2.38. The van der Waals surface area contributed by atoms with Crippen LogP contribution in [0.15, 0.2) is 48.5 Å². The predicted molar refractivity (Wildman–Crippen MR) is 123 cm³/mol. The van der Waals surface area contributed by atoms with Crippen molar-refractivity contribution in [3.63, 3.8) is 0 Å². The largest absolute Gasteiger partial charge is 0.379 e. The van der Waals surface area contributed by atoms with Gasteiger partial charge in [-0.25, -0.2) is 4.79 Å². The normalized spacial score (nSPS) is 24.4. The predicted octanol–water partition coefficient (Wildman–Crippen LogP) is 2.27. The van der Waals surface area contributed by atoms with Gasteiger partial charge in [0.1, 0.15) is 6.04 Å². The van der Waals surface area contributed by atoms with Gasteiger partial charge in [0.25, 0.3) is 5.91 Å². The van der Waals surface area contributed by atoms with E-state index in [1.54, 1.807) is 18.2 Å². The van der Waals surface area contributed by atoms with E-state index < -0.39 is 17.5 Å². The molecule has 2 aromatic rings. The summed E-state index contributed by atoms with van der Waals surface area (Å²) in [6.07, 6.45) is 2.12. The number of urea groups is 1. The van der Waals surface area contributed by atoms with E-state index in [-0.39, 0.29) is 30.8 Å². The van der Waals surface area contributed by atoms with E-state index in [1.165, 1.54) is 4.90 Å². The maximum absolute atomic E-state index is 13.0. The third kappa shape index (κ3) is 4.14. The molecule has 2 unspecified atom stereocenters. The number of rotatable bonds is 4. The summed E-state index contributed by atoms with van der Waals surface area (Å²) in [4.78, 5) is 51.0. The van der Waals surface area contributed by atoms with Gasteiger partial charge in [0.2, 0.25) is 11.8 Å². The number of imide groups is 1. The van der Waals surface area contributed by atoms with Crippen LogP contribution in [0.4, 0.5) is 10.5 Å². The van der Waals surface area contributed by atoms with Crippen molar-refractivity contribution in [3.05, 3.63) is 65.2 Å². The van der Waals surface area contributed by atoms with Crippen LogP contribution in [0, 0.1) is 0 Å². The third-order valence-electron chi connectivity index (χ3n) is 6.70. The lowest BCUT2D eigenvalue weighted by Crippen LogP contribution is -2.52. The molecular formula is C25H26N4O5. The van der Waals surface area contributed by atoms with Crippen LogP contribution in [0.5, 0.6) is 0 Å². The maximum Gasteiger partial charge on any atom is 0.320 e. The first-order valence-electron chi connectivity index (χ1n) is 11.5. The molecule has 3 aliphatic rings. The second-order valence-corrected chi connectivity index (χ2v) is 8.96. The van der Waals surface area contributed by atoms with E-state index in [9.17, 15) is 19.2 Å². The van der Waals surface area contributed by atoms with E-state index in [0.717, 1.165) is 24.0 Å². The van der Waals surface area contributed by atoms with Crippen LogP contribution in [0.2, 0.25) is 0 Å². The fourth-order valence-electron chi connectivity index (χ4n) is 4.98. The molecule has 0 saturated carbocycles. The number of benzene rings is 2. The molecule has 0 radical (unpaired) electrons. The third-order valence-corrected chi connectivity index (χ3v) is 6.70. The number of anilines is 1. The molecule has 176 valence electrons. The summed E-state index contributed by atoms with van der Waals surface area (Å²) in [7, 11) is 0. The van der Waals surface area contributed by atoms with E-state index in [2.05, 4.69) is 16.0 Å². The van der Waals surface area contributed by atoms with Crippen molar-refractivity contribution in [3.8, 4) is 0 Å². The standard InChI is InChI=1S/C25H26N4O5/c30-21-10-9-20(22(31)27-21)29-14-16-13-18(7-8-19(16)23(29)32)26-24(33)28-25(11-4-12-34-15-25)17-5-2-1-3-6-17/h1-3,5-8,13,20H,4,9-12,14-15H2,(H2,26,28,33)(H,27,30,31). The number of hydrogen-bond acceptors (Lipinski definition) is 5. The van der Waals surface area contributed by atoms with Crippen LogP contribution >= 0.6 is 0 Å². The number of ether oxygens (including phenoxy) is 1. The molecule has 0 aromatic heterocycles. The zero-order chi connectivity index (χ0) is 23.7. The second kappa shape index (κ2) is 8.90. The molecule has 2 fully saturated rings. The monoisotopic (exact) mass is 462 g/mol. The number of carbonyl (C=O) groups excluding carboxylic acids is 4. The summed E-state index contributed by atoms with van der Waals surface area (Å²) in [5.41, 5.74) is 2.15. The molecule has 3 N–H and O–H groups in total. The molecule has 5 rings (SSSR count). The molecule has 3 heterocycles. The van der Waals surface area contributed by atoms with Crippen LogP contribution in [0.3, 0.4) is 0 Å². The quantitative estimate of drug-likeness (QED) is 0.603. The molecule has 9 heteroatoms. The Kier molecular flexibility index (Phi) is 5.79. The average Bonchev–Trinajstić information content (AvgIpc) is 3.15. The first kappa shape index (κ1) is 22.1. The maximum atomic E-state index is 13.0. The number of hydrogen-bond donors (Lipinski definition) is 3. The highest BCUT2D eigenvalue weighted by Gasteiger charge is 2.39. The summed E-state index contributed by atoms with van der Waals surface area (Å²) >= 11 is 0. The molecule has 34 heavy (non-hydrogen) atoms. The summed E-state index contributed by atoms with van der Waals surface area (Å²) in [6, 6.07) is 13.9. The Morgan fingerprint density at radius 3 is 2.68 bits per heavy atom. The molecule has 5 amide bonds. The van der Waals surface area contributed by atoms with Gasteiger partial charge in [-0.05, 0) is 48.6 Å². The minimum Gasteiger partial charge on any atom is -0.379 e. The molecule has 0 bridgehead atoms. The van der Waals surface area contributed by atoms with E-state index in [4.69, 9.17) is 4.74 Å². The van der Waals surface area contributed by atoms with Crippen LogP contribution in [0.25, 0.3) is 0 Å². The van der Waals surface area contributed by atoms with Gasteiger partial charge in [-0.2, -0.15) is 0 Å². The zero-order valence-electron chi connectivity index (χ0n) is 18.6. The van der Waals surface area contributed by atoms with Crippen LogP contribution in [0.1, 0.15) is 47.2 Å².